The lowest BCUT2D eigenvalue weighted by Crippen LogP contribution is -2.31. The summed E-state index contributed by atoms with van der Waals surface area (Å²) in [6, 6.07) is 6.30. The zero-order valence-electron chi connectivity index (χ0n) is 12.1. The van der Waals surface area contributed by atoms with Gasteiger partial charge in [-0.05, 0) is 30.2 Å². The summed E-state index contributed by atoms with van der Waals surface area (Å²) in [4.78, 5) is 16.4. The lowest BCUT2D eigenvalue weighted by atomic mass is 10.0. The number of rotatable bonds is 5. The second kappa shape index (κ2) is 5.88. The molecule has 7 nitrogen and oxygen atoms in total. The SMILES string of the molecule is CC(C)[C@@H](NC(=O)c1ccco1)c1nc(-c2ccco2)no1. The molecule has 0 saturated heterocycles. The Morgan fingerprint density at radius 3 is 2.59 bits per heavy atom. The maximum absolute atomic E-state index is 12.1. The number of amides is 1. The third-order valence-corrected chi connectivity index (χ3v) is 3.15. The Hall–Kier alpha value is -2.83. The van der Waals surface area contributed by atoms with E-state index in [1.807, 2.05) is 13.8 Å². The Morgan fingerprint density at radius 1 is 1.18 bits per heavy atom. The van der Waals surface area contributed by atoms with E-state index in [1.54, 1.807) is 24.3 Å². The molecule has 0 aliphatic carbocycles. The Morgan fingerprint density at radius 2 is 1.95 bits per heavy atom. The molecule has 0 fully saturated rings. The second-order valence-corrected chi connectivity index (χ2v) is 5.11. The molecule has 3 aromatic rings. The number of hydrogen-bond donors (Lipinski definition) is 1. The minimum Gasteiger partial charge on any atom is -0.461 e. The molecule has 0 radical (unpaired) electrons. The van der Waals surface area contributed by atoms with Gasteiger partial charge in [-0.3, -0.25) is 4.79 Å². The highest BCUT2D eigenvalue weighted by atomic mass is 16.5. The third kappa shape index (κ3) is 2.78. The molecule has 3 rings (SSSR count). The first-order chi connectivity index (χ1) is 10.6. The predicted molar refractivity (Wildman–Crippen MR) is 75.8 cm³/mol. The molecule has 3 aromatic heterocycles. The van der Waals surface area contributed by atoms with Gasteiger partial charge < -0.3 is 18.7 Å². The summed E-state index contributed by atoms with van der Waals surface area (Å²) < 4.78 is 15.6. The van der Waals surface area contributed by atoms with Crippen LogP contribution >= 0.6 is 0 Å². The van der Waals surface area contributed by atoms with Crippen molar-refractivity contribution in [1.82, 2.24) is 15.5 Å². The van der Waals surface area contributed by atoms with Gasteiger partial charge >= 0.3 is 0 Å². The summed E-state index contributed by atoms with van der Waals surface area (Å²) in [5.41, 5.74) is 0. The van der Waals surface area contributed by atoms with E-state index in [-0.39, 0.29) is 17.6 Å². The topological polar surface area (TPSA) is 94.3 Å². The molecule has 1 atom stereocenters. The van der Waals surface area contributed by atoms with Gasteiger partial charge in [0.25, 0.3) is 5.91 Å². The van der Waals surface area contributed by atoms with Crippen molar-refractivity contribution in [2.24, 2.45) is 5.92 Å². The van der Waals surface area contributed by atoms with Crippen molar-refractivity contribution in [2.45, 2.75) is 19.9 Å². The van der Waals surface area contributed by atoms with Crippen molar-refractivity contribution in [3.8, 4) is 11.6 Å². The lowest BCUT2D eigenvalue weighted by molar-refractivity contribution is 0.0885. The van der Waals surface area contributed by atoms with Gasteiger partial charge in [-0.2, -0.15) is 4.98 Å². The van der Waals surface area contributed by atoms with Gasteiger partial charge in [-0.15, -0.1) is 0 Å². The van der Waals surface area contributed by atoms with Crippen LogP contribution in [0, 0.1) is 5.92 Å². The molecule has 0 saturated carbocycles. The van der Waals surface area contributed by atoms with Crippen LogP contribution < -0.4 is 5.32 Å². The summed E-state index contributed by atoms with van der Waals surface area (Å²) in [6.07, 6.45) is 2.98. The fraction of sp³-hybridized carbons (Fsp3) is 0.267. The van der Waals surface area contributed by atoms with Gasteiger partial charge in [0.15, 0.2) is 11.5 Å². The van der Waals surface area contributed by atoms with E-state index in [0.29, 0.717) is 17.5 Å². The molecule has 0 unspecified atom stereocenters. The highest BCUT2D eigenvalue weighted by Gasteiger charge is 2.26. The van der Waals surface area contributed by atoms with E-state index in [1.165, 1.54) is 12.5 Å². The fourth-order valence-electron chi connectivity index (χ4n) is 2.00. The van der Waals surface area contributed by atoms with E-state index in [0.717, 1.165) is 0 Å². The molecule has 114 valence electrons. The van der Waals surface area contributed by atoms with Gasteiger partial charge in [0, 0.05) is 0 Å². The first-order valence-electron chi connectivity index (χ1n) is 6.87. The fourth-order valence-corrected chi connectivity index (χ4v) is 2.00. The minimum atomic E-state index is -0.422. The Bertz CT molecular complexity index is 729. The number of furan rings is 2. The van der Waals surface area contributed by atoms with Crippen molar-refractivity contribution >= 4 is 5.91 Å². The van der Waals surface area contributed by atoms with Gasteiger partial charge in [0.05, 0.1) is 12.5 Å². The molecule has 0 aliphatic rings. The standard InChI is InChI=1S/C15H15N3O4/c1-9(2)12(16-14(19)11-6-4-8-21-11)15-17-13(18-22-15)10-5-3-7-20-10/h3-9,12H,1-2H3,(H,16,19)/t12-/m1/s1. The molecular weight excluding hydrogens is 286 g/mol. The van der Waals surface area contributed by atoms with Crippen LogP contribution in [-0.4, -0.2) is 16.0 Å². The highest BCUT2D eigenvalue weighted by Crippen LogP contribution is 2.24. The van der Waals surface area contributed by atoms with Crippen LogP contribution in [0.15, 0.2) is 50.1 Å². The first kappa shape index (κ1) is 14.1. The van der Waals surface area contributed by atoms with Gasteiger partial charge in [0.1, 0.15) is 6.04 Å². The van der Waals surface area contributed by atoms with Crippen LogP contribution in [0.3, 0.4) is 0 Å². The minimum absolute atomic E-state index is 0.0591. The number of nitrogens with zero attached hydrogens (tertiary/aromatic N) is 2. The Kier molecular flexibility index (Phi) is 3.78. The maximum Gasteiger partial charge on any atom is 0.287 e. The maximum atomic E-state index is 12.1. The normalized spacial score (nSPS) is 12.5. The summed E-state index contributed by atoms with van der Waals surface area (Å²) in [5, 5.41) is 6.71. The van der Waals surface area contributed by atoms with Crippen LogP contribution in [0.1, 0.15) is 36.3 Å². The number of carbonyl (C=O) groups excluding carboxylic acids is 1. The molecule has 1 N–H and O–H groups in total. The van der Waals surface area contributed by atoms with Crippen LogP contribution in [0.2, 0.25) is 0 Å². The van der Waals surface area contributed by atoms with Crippen molar-refractivity contribution in [3.05, 3.63) is 48.4 Å². The summed E-state index contributed by atoms with van der Waals surface area (Å²) in [5.74, 6) is 1.13. The van der Waals surface area contributed by atoms with Crippen LogP contribution in [0.4, 0.5) is 0 Å². The van der Waals surface area contributed by atoms with E-state index < -0.39 is 6.04 Å². The zero-order chi connectivity index (χ0) is 15.5. The number of hydrogen-bond acceptors (Lipinski definition) is 6. The average Bonchev–Trinajstić information content (AvgIpc) is 3.25. The van der Waals surface area contributed by atoms with Crippen molar-refractivity contribution in [1.29, 1.82) is 0 Å². The first-order valence-corrected chi connectivity index (χ1v) is 6.87. The largest absolute Gasteiger partial charge is 0.461 e. The van der Waals surface area contributed by atoms with Crippen molar-refractivity contribution in [2.75, 3.05) is 0 Å². The molecule has 0 aliphatic heterocycles. The number of carbonyl (C=O) groups is 1. The van der Waals surface area contributed by atoms with Crippen molar-refractivity contribution in [3.63, 3.8) is 0 Å². The van der Waals surface area contributed by atoms with Gasteiger partial charge in [0.2, 0.25) is 11.7 Å². The molecule has 0 spiro atoms. The second-order valence-electron chi connectivity index (χ2n) is 5.11. The summed E-state index contributed by atoms with van der Waals surface area (Å²) >= 11 is 0. The molecule has 0 bridgehead atoms. The lowest BCUT2D eigenvalue weighted by Gasteiger charge is -2.17. The van der Waals surface area contributed by atoms with Crippen LogP contribution in [0.25, 0.3) is 11.6 Å². The number of aromatic nitrogens is 2. The third-order valence-electron chi connectivity index (χ3n) is 3.15. The van der Waals surface area contributed by atoms with E-state index in [9.17, 15) is 4.79 Å². The van der Waals surface area contributed by atoms with Gasteiger partial charge in [-0.1, -0.05) is 19.0 Å². The zero-order valence-corrected chi connectivity index (χ0v) is 12.1. The average molecular weight is 301 g/mol. The molecule has 0 aromatic carbocycles. The monoisotopic (exact) mass is 301 g/mol. The molecule has 7 heteroatoms. The molecule has 3 heterocycles. The van der Waals surface area contributed by atoms with Crippen molar-refractivity contribution < 1.29 is 18.2 Å². The van der Waals surface area contributed by atoms with E-state index in [2.05, 4.69) is 15.5 Å². The molecule has 1 amide bonds. The molecular formula is C15H15N3O4. The number of nitrogens with one attached hydrogen (secondary N) is 1. The van der Waals surface area contributed by atoms with E-state index >= 15 is 0 Å². The quantitative estimate of drug-likeness (QED) is 0.778. The predicted octanol–water partition coefficient (Wildman–Crippen LogP) is 3.05. The van der Waals surface area contributed by atoms with Crippen LogP contribution in [-0.2, 0) is 0 Å². The van der Waals surface area contributed by atoms with E-state index in [4.69, 9.17) is 13.4 Å². The Balaban J connectivity index is 1.81. The summed E-state index contributed by atoms with van der Waals surface area (Å²) in [7, 11) is 0. The molecule has 22 heavy (non-hydrogen) atoms. The smallest absolute Gasteiger partial charge is 0.287 e. The summed E-state index contributed by atoms with van der Waals surface area (Å²) in [6.45, 7) is 3.90. The van der Waals surface area contributed by atoms with Crippen LogP contribution in [0.5, 0.6) is 0 Å². The highest BCUT2D eigenvalue weighted by molar-refractivity contribution is 5.91. The van der Waals surface area contributed by atoms with Gasteiger partial charge in [-0.25, -0.2) is 0 Å². The Labute approximate surface area is 126 Å².